The Balaban J connectivity index is 2.13. The van der Waals surface area contributed by atoms with Crippen LogP contribution in [0.5, 0.6) is 5.75 Å². The Morgan fingerprint density at radius 3 is 2.57 bits per heavy atom. The van der Waals surface area contributed by atoms with Crippen LogP contribution in [0.1, 0.15) is 58.1 Å². The summed E-state index contributed by atoms with van der Waals surface area (Å²) < 4.78 is 11.8. The standard InChI is InChI=1S/C18H29NO2/c1-4-13-20-16-10-8-15(9-11-16)17(19-5-2)18(3)12-6-7-14-21-18/h8-11,17,19H,4-7,12-14H2,1-3H3. The molecule has 0 aliphatic carbocycles. The molecule has 1 N–H and O–H groups in total. The third kappa shape index (κ3) is 4.21. The van der Waals surface area contributed by atoms with Gasteiger partial charge in [-0.05, 0) is 56.8 Å². The lowest BCUT2D eigenvalue weighted by Crippen LogP contribution is -2.45. The van der Waals surface area contributed by atoms with Gasteiger partial charge >= 0.3 is 0 Å². The molecular weight excluding hydrogens is 262 g/mol. The van der Waals surface area contributed by atoms with Gasteiger partial charge in [0.25, 0.3) is 0 Å². The van der Waals surface area contributed by atoms with E-state index in [1.54, 1.807) is 0 Å². The average molecular weight is 291 g/mol. The molecule has 1 aromatic rings. The van der Waals surface area contributed by atoms with Gasteiger partial charge in [0.2, 0.25) is 0 Å². The van der Waals surface area contributed by atoms with Crippen molar-refractivity contribution in [1.29, 1.82) is 0 Å². The van der Waals surface area contributed by atoms with Crippen molar-refractivity contribution in [2.75, 3.05) is 19.8 Å². The Bertz CT molecular complexity index is 410. The zero-order valence-electron chi connectivity index (χ0n) is 13.7. The molecule has 3 nitrogen and oxygen atoms in total. The molecule has 0 bridgehead atoms. The minimum absolute atomic E-state index is 0.111. The van der Waals surface area contributed by atoms with Gasteiger partial charge in [-0.3, -0.25) is 0 Å². The molecule has 1 saturated heterocycles. The van der Waals surface area contributed by atoms with Crippen LogP contribution >= 0.6 is 0 Å². The van der Waals surface area contributed by atoms with E-state index in [-0.39, 0.29) is 11.6 Å². The van der Waals surface area contributed by atoms with Crippen molar-refractivity contribution < 1.29 is 9.47 Å². The topological polar surface area (TPSA) is 30.5 Å². The van der Waals surface area contributed by atoms with E-state index in [1.165, 1.54) is 18.4 Å². The van der Waals surface area contributed by atoms with Crippen molar-refractivity contribution in [3.05, 3.63) is 29.8 Å². The molecule has 1 aliphatic heterocycles. The predicted molar refractivity (Wildman–Crippen MR) is 86.9 cm³/mol. The van der Waals surface area contributed by atoms with Gasteiger partial charge in [-0.1, -0.05) is 26.0 Å². The van der Waals surface area contributed by atoms with E-state index in [0.717, 1.165) is 38.3 Å². The highest BCUT2D eigenvalue weighted by Gasteiger charge is 2.37. The van der Waals surface area contributed by atoms with Gasteiger partial charge in [0.05, 0.1) is 18.2 Å². The summed E-state index contributed by atoms with van der Waals surface area (Å²) in [6, 6.07) is 8.72. The normalized spacial score (nSPS) is 23.8. The second-order valence-corrected chi connectivity index (χ2v) is 6.03. The second kappa shape index (κ2) is 7.81. The monoisotopic (exact) mass is 291 g/mol. The highest BCUT2D eigenvalue weighted by atomic mass is 16.5. The summed E-state index contributed by atoms with van der Waals surface area (Å²) in [6.07, 6.45) is 4.57. The van der Waals surface area contributed by atoms with Crippen LogP contribution in [0.3, 0.4) is 0 Å². The van der Waals surface area contributed by atoms with Crippen LogP contribution in [0.2, 0.25) is 0 Å². The van der Waals surface area contributed by atoms with E-state index < -0.39 is 0 Å². The van der Waals surface area contributed by atoms with Crippen molar-refractivity contribution in [1.82, 2.24) is 5.32 Å². The first-order valence-electron chi connectivity index (χ1n) is 8.29. The number of rotatable bonds is 7. The van der Waals surface area contributed by atoms with Crippen LogP contribution < -0.4 is 10.1 Å². The maximum atomic E-state index is 6.14. The number of ether oxygens (including phenoxy) is 2. The quantitative estimate of drug-likeness (QED) is 0.821. The smallest absolute Gasteiger partial charge is 0.119 e. The molecule has 0 saturated carbocycles. The zero-order chi connectivity index (χ0) is 15.1. The van der Waals surface area contributed by atoms with E-state index in [4.69, 9.17) is 9.47 Å². The van der Waals surface area contributed by atoms with E-state index in [2.05, 4.69) is 50.4 Å². The molecule has 2 unspecified atom stereocenters. The highest BCUT2D eigenvalue weighted by Crippen LogP contribution is 2.37. The first kappa shape index (κ1) is 16.3. The molecule has 3 heteroatoms. The molecule has 1 heterocycles. The molecule has 0 spiro atoms. The Labute approximate surface area is 129 Å². The van der Waals surface area contributed by atoms with Crippen molar-refractivity contribution in [3.8, 4) is 5.75 Å². The Morgan fingerprint density at radius 2 is 2.00 bits per heavy atom. The summed E-state index contributed by atoms with van der Waals surface area (Å²) in [6.45, 7) is 9.10. The SMILES string of the molecule is CCCOc1ccc(C(NCC)C2(C)CCCCO2)cc1. The first-order valence-corrected chi connectivity index (χ1v) is 8.29. The Kier molecular flexibility index (Phi) is 6.07. The van der Waals surface area contributed by atoms with Gasteiger partial charge in [0.1, 0.15) is 5.75 Å². The molecule has 0 amide bonds. The Hall–Kier alpha value is -1.06. The van der Waals surface area contributed by atoms with Crippen molar-refractivity contribution >= 4 is 0 Å². The molecule has 0 radical (unpaired) electrons. The molecule has 2 atom stereocenters. The van der Waals surface area contributed by atoms with Crippen LogP contribution in [0, 0.1) is 0 Å². The van der Waals surface area contributed by atoms with Crippen molar-refractivity contribution in [3.63, 3.8) is 0 Å². The fraction of sp³-hybridized carbons (Fsp3) is 0.667. The van der Waals surface area contributed by atoms with Crippen LogP contribution in [0.25, 0.3) is 0 Å². The fourth-order valence-electron chi connectivity index (χ4n) is 3.05. The highest BCUT2D eigenvalue weighted by molar-refractivity contribution is 5.30. The van der Waals surface area contributed by atoms with Crippen molar-refractivity contribution in [2.45, 2.75) is 58.1 Å². The van der Waals surface area contributed by atoms with E-state index in [9.17, 15) is 0 Å². The second-order valence-electron chi connectivity index (χ2n) is 6.03. The van der Waals surface area contributed by atoms with Crippen LogP contribution in [0.4, 0.5) is 0 Å². The van der Waals surface area contributed by atoms with Crippen molar-refractivity contribution in [2.24, 2.45) is 0 Å². The van der Waals surface area contributed by atoms with Crippen LogP contribution in [-0.4, -0.2) is 25.4 Å². The molecule has 2 rings (SSSR count). The number of benzene rings is 1. The number of hydrogen-bond acceptors (Lipinski definition) is 3. The number of nitrogens with one attached hydrogen (secondary N) is 1. The third-order valence-corrected chi connectivity index (χ3v) is 4.20. The molecule has 1 aliphatic rings. The molecule has 0 aromatic heterocycles. The zero-order valence-corrected chi connectivity index (χ0v) is 13.7. The maximum Gasteiger partial charge on any atom is 0.119 e. The van der Waals surface area contributed by atoms with Gasteiger partial charge in [0, 0.05) is 6.61 Å². The van der Waals surface area contributed by atoms with Crippen LogP contribution in [-0.2, 0) is 4.74 Å². The lowest BCUT2D eigenvalue weighted by Gasteiger charge is -2.41. The van der Waals surface area contributed by atoms with Gasteiger partial charge in [-0.2, -0.15) is 0 Å². The van der Waals surface area contributed by atoms with Gasteiger partial charge in [-0.15, -0.1) is 0 Å². The maximum absolute atomic E-state index is 6.14. The number of hydrogen-bond donors (Lipinski definition) is 1. The molecular formula is C18H29NO2. The summed E-state index contributed by atoms with van der Waals surface area (Å²) in [5.41, 5.74) is 1.17. The van der Waals surface area contributed by atoms with Gasteiger partial charge < -0.3 is 14.8 Å². The fourth-order valence-corrected chi connectivity index (χ4v) is 3.05. The van der Waals surface area contributed by atoms with Gasteiger partial charge in [0.15, 0.2) is 0 Å². The molecule has 1 aromatic carbocycles. The van der Waals surface area contributed by atoms with E-state index >= 15 is 0 Å². The van der Waals surface area contributed by atoms with E-state index in [1.807, 2.05) is 0 Å². The average Bonchev–Trinajstić information content (AvgIpc) is 2.52. The minimum atomic E-state index is -0.111. The lowest BCUT2D eigenvalue weighted by molar-refractivity contribution is -0.0895. The molecule has 1 fully saturated rings. The summed E-state index contributed by atoms with van der Waals surface area (Å²) in [5, 5.41) is 3.61. The summed E-state index contributed by atoms with van der Waals surface area (Å²) in [5.74, 6) is 0.950. The van der Waals surface area contributed by atoms with Crippen LogP contribution in [0.15, 0.2) is 24.3 Å². The lowest BCUT2D eigenvalue weighted by atomic mass is 9.84. The minimum Gasteiger partial charge on any atom is -0.494 e. The summed E-state index contributed by atoms with van der Waals surface area (Å²) in [4.78, 5) is 0. The summed E-state index contributed by atoms with van der Waals surface area (Å²) >= 11 is 0. The largest absolute Gasteiger partial charge is 0.494 e. The first-order chi connectivity index (χ1) is 10.2. The summed E-state index contributed by atoms with van der Waals surface area (Å²) in [7, 11) is 0. The molecule has 21 heavy (non-hydrogen) atoms. The molecule has 118 valence electrons. The number of likely N-dealkylation sites (N-methyl/N-ethyl adjacent to an activating group) is 1. The Morgan fingerprint density at radius 1 is 1.24 bits per heavy atom. The van der Waals surface area contributed by atoms with E-state index in [0.29, 0.717) is 0 Å². The predicted octanol–water partition coefficient (Wildman–Crippen LogP) is 4.09. The third-order valence-electron chi connectivity index (χ3n) is 4.20. The van der Waals surface area contributed by atoms with Gasteiger partial charge in [-0.25, -0.2) is 0 Å².